The molecular weight excluding hydrogens is 510 g/mol. The fourth-order valence-electron chi connectivity index (χ4n) is 4.31. The van der Waals surface area contributed by atoms with Crippen molar-refractivity contribution in [3.8, 4) is 0 Å². The van der Waals surface area contributed by atoms with Crippen LogP contribution < -0.4 is 16.0 Å². The van der Waals surface area contributed by atoms with Gasteiger partial charge in [0.2, 0.25) is 17.7 Å². The molecule has 0 aromatic heterocycles. The maximum absolute atomic E-state index is 12.8. The van der Waals surface area contributed by atoms with E-state index in [4.69, 9.17) is 14.2 Å². The summed E-state index contributed by atoms with van der Waals surface area (Å²) in [5, 5.41) is 8.48. The molecule has 0 aliphatic heterocycles. The molecule has 0 aromatic carbocycles. The summed E-state index contributed by atoms with van der Waals surface area (Å²) in [6.07, 6.45) is 18.9. The van der Waals surface area contributed by atoms with E-state index in [1.165, 1.54) is 70.6 Å². The van der Waals surface area contributed by atoms with Gasteiger partial charge in [-0.1, -0.05) is 104 Å². The quantitative estimate of drug-likeness (QED) is 0.104. The van der Waals surface area contributed by atoms with Crippen molar-refractivity contribution in [3.05, 3.63) is 0 Å². The summed E-state index contributed by atoms with van der Waals surface area (Å²) in [5.74, 6) is -0.996. The van der Waals surface area contributed by atoms with Gasteiger partial charge in [0.05, 0.1) is 32.8 Å². The lowest BCUT2D eigenvalue weighted by atomic mass is 10.1. The number of carbonyl (C=O) groups excluding carboxylic acids is 3. The van der Waals surface area contributed by atoms with E-state index in [0.717, 1.165) is 32.1 Å². The van der Waals surface area contributed by atoms with Crippen LogP contribution in [0, 0.1) is 0 Å². The van der Waals surface area contributed by atoms with Gasteiger partial charge in [0.25, 0.3) is 0 Å². The van der Waals surface area contributed by atoms with Crippen LogP contribution in [0.4, 0.5) is 0 Å². The smallest absolute Gasteiger partial charge is 0.246 e. The molecule has 0 bridgehead atoms. The maximum atomic E-state index is 12.8. The van der Waals surface area contributed by atoms with Crippen molar-refractivity contribution >= 4 is 17.7 Å². The van der Waals surface area contributed by atoms with Crippen LogP contribution in [-0.2, 0) is 28.6 Å². The average molecular weight is 572 g/mol. The molecule has 1 atom stereocenters. The van der Waals surface area contributed by atoms with Crippen molar-refractivity contribution in [3.63, 3.8) is 0 Å². The predicted molar refractivity (Wildman–Crippen MR) is 161 cm³/mol. The van der Waals surface area contributed by atoms with Gasteiger partial charge in [0.1, 0.15) is 12.6 Å². The Morgan fingerprint density at radius 1 is 0.575 bits per heavy atom. The fraction of sp³-hybridized carbons (Fsp3) is 0.903. The number of carbonyl (C=O) groups is 3. The molecule has 0 aromatic rings. The molecule has 9 nitrogen and oxygen atoms in total. The highest BCUT2D eigenvalue weighted by atomic mass is 16.5. The number of rotatable bonds is 30. The maximum Gasteiger partial charge on any atom is 0.246 e. The Labute approximate surface area is 244 Å². The van der Waals surface area contributed by atoms with E-state index in [2.05, 4.69) is 29.8 Å². The molecule has 0 fully saturated rings. The lowest BCUT2D eigenvalue weighted by Crippen LogP contribution is -2.50. The van der Waals surface area contributed by atoms with Gasteiger partial charge in [0.15, 0.2) is 0 Å². The van der Waals surface area contributed by atoms with Crippen LogP contribution in [0.1, 0.15) is 123 Å². The zero-order valence-corrected chi connectivity index (χ0v) is 26.0. The van der Waals surface area contributed by atoms with Crippen molar-refractivity contribution in [1.29, 1.82) is 0 Å². The second-order valence-corrected chi connectivity index (χ2v) is 10.6. The Hall–Kier alpha value is -1.71. The summed E-state index contributed by atoms with van der Waals surface area (Å²) in [6, 6.07) is -0.929. The lowest BCUT2D eigenvalue weighted by molar-refractivity contribution is -0.133. The number of unbranched alkanes of at least 4 members (excludes halogenated alkanes) is 14. The first-order valence-corrected chi connectivity index (χ1v) is 16.0. The van der Waals surface area contributed by atoms with Crippen molar-refractivity contribution in [2.45, 2.75) is 129 Å². The molecule has 236 valence electrons. The van der Waals surface area contributed by atoms with Crippen molar-refractivity contribution in [1.82, 2.24) is 16.0 Å². The van der Waals surface area contributed by atoms with Gasteiger partial charge < -0.3 is 30.2 Å². The van der Waals surface area contributed by atoms with E-state index >= 15 is 0 Å². The predicted octanol–water partition coefficient (Wildman–Crippen LogP) is 5.05. The Morgan fingerprint density at radius 2 is 1.05 bits per heavy atom. The molecule has 0 spiro atoms. The SMILES string of the molecule is CCCCCCCCCCNC(=O)C[C@H](NC(=O)COCCOCCOC)C(=O)NCCCCCCCCCC. The Kier molecular flexibility index (Phi) is 29.0. The van der Waals surface area contributed by atoms with Crippen LogP contribution in [0.3, 0.4) is 0 Å². The monoisotopic (exact) mass is 571 g/mol. The lowest BCUT2D eigenvalue weighted by Gasteiger charge is -2.18. The number of methoxy groups -OCH3 is 1. The molecule has 0 aliphatic carbocycles. The van der Waals surface area contributed by atoms with Crippen LogP contribution in [-0.4, -0.2) is 77.0 Å². The van der Waals surface area contributed by atoms with E-state index in [9.17, 15) is 14.4 Å². The van der Waals surface area contributed by atoms with Crippen LogP contribution in [0.2, 0.25) is 0 Å². The molecule has 0 saturated heterocycles. The number of hydrogen-bond donors (Lipinski definition) is 3. The zero-order valence-electron chi connectivity index (χ0n) is 26.0. The number of amides is 3. The van der Waals surface area contributed by atoms with Crippen molar-refractivity contribution < 1.29 is 28.6 Å². The molecule has 0 aliphatic rings. The second-order valence-electron chi connectivity index (χ2n) is 10.6. The second kappa shape index (κ2) is 30.3. The summed E-state index contributed by atoms with van der Waals surface area (Å²) in [4.78, 5) is 37.8. The topological polar surface area (TPSA) is 115 Å². The van der Waals surface area contributed by atoms with Crippen LogP contribution in [0.25, 0.3) is 0 Å². The molecule has 3 N–H and O–H groups in total. The van der Waals surface area contributed by atoms with Gasteiger partial charge in [-0.25, -0.2) is 0 Å². The van der Waals surface area contributed by atoms with Crippen molar-refractivity contribution in [2.75, 3.05) is 53.2 Å². The molecule has 3 amide bonds. The van der Waals surface area contributed by atoms with Gasteiger partial charge in [0, 0.05) is 20.2 Å². The highest BCUT2D eigenvalue weighted by molar-refractivity contribution is 5.92. The zero-order chi connectivity index (χ0) is 29.5. The molecule has 0 radical (unpaired) electrons. The third-order valence-electron chi connectivity index (χ3n) is 6.76. The van der Waals surface area contributed by atoms with Gasteiger partial charge in [-0.3, -0.25) is 14.4 Å². The summed E-state index contributed by atoms with van der Waals surface area (Å²) in [5.41, 5.74) is 0. The molecule has 0 saturated carbocycles. The standard InChI is InChI=1S/C31H61N3O6/c1-4-6-8-10-12-14-16-18-20-32-29(35)26-28(34-30(36)27-40-25-24-39-23-22-38-3)31(37)33-21-19-17-15-13-11-9-7-5-2/h28H,4-27H2,1-3H3,(H,32,35)(H,33,37)(H,34,36)/t28-/m0/s1. The largest absolute Gasteiger partial charge is 0.382 e. The number of hydrogen-bond acceptors (Lipinski definition) is 6. The van der Waals surface area contributed by atoms with E-state index in [-0.39, 0.29) is 31.4 Å². The Balaban J connectivity index is 4.40. The van der Waals surface area contributed by atoms with Crippen LogP contribution in [0.5, 0.6) is 0 Å². The minimum absolute atomic E-state index is 0.0911. The van der Waals surface area contributed by atoms with Crippen molar-refractivity contribution in [2.24, 2.45) is 0 Å². The molecule has 9 heteroatoms. The molecule has 0 rings (SSSR count). The summed E-state index contributed by atoms with van der Waals surface area (Å²) in [7, 11) is 1.60. The van der Waals surface area contributed by atoms with Crippen LogP contribution in [0.15, 0.2) is 0 Å². The molecular formula is C31H61N3O6. The highest BCUT2D eigenvalue weighted by Gasteiger charge is 2.23. The first-order chi connectivity index (χ1) is 19.5. The van der Waals surface area contributed by atoms with Gasteiger partial charge >= 0.3 is 0 Å². The van der Waals surface area contributed by atoms with Gasteiger partial charge in [-0.2, -0.15) is 0 Å². The number of ether oxygens (including phenoxy) is 3. The van der Waals surface area contributed by atoms with E-state index in [1.807, 2.05) is 0 Å². The fourth-order valence-corrected chi connectivity index (χ4v) is 4.31. The molecule has 0 unspecified atom stereocenters. The Morgan fingerprint density at radius 3 is 1.60 bits per heavy atom. The average Bonchev–Trinajstić information content (AvgIpc) is 2.94. The van der Waals surface area contributed by atoms with Gasteiger partial charge in [-0.05, 0) is 12.8 Å². The summed E-state index contributed by atoms with van der Waals surface area (Å²) >= 11 is 0. The summed E-state index contributed by atoms with van der Waals surface area (Å²) < 4.78 is 15.6. The summed E-state index contributed by atoms with van der Waals surface area (Å²) in [6.45, 7) is 6.92. The van der Waals surface area contributed by atoms with E-state index in [1.54, 1.807) is 7.11 Å². The normalized spacial score (nSPS) is 11.8. The van der Waals surface area contributed by atoms with Gasteiger partial charge in [-0.15, -0.1) is 0 Å². The third-order valence-corrected chi connectivity index (χ3v) is 6.76. The first-order valence-electron chi connectivity index (χ1n) is 16.0. The van der Waals surface area contributed by atoms with Crippen LogP contribution >= 0.6 is 0 Å². The molecule has 40 heavy (non-hydrogen) atoms. The first kappa shape index (κ1) is 38.3. The van der Waals surface area contributed by atoms with E-state index < -0.39 is 11.9 Å². The Bertz CT molecular complexity index is 606. The third kappa shape index (κ3) is 26.5. The minimum Gasteiger partial charge on any atom is -0.382 e. The van der Waals surface area contributed by atoms with E-state index in [0.29, 0.717) is 32.9 Å². The number of nitrogens with one attached hydrogen (secondary N) is 3. The highest BCUT2D eigenvalue weighted by Crippen LogP contribution is 2.09. The minimum atomic E-state index is -0.929. The molecule has 0 heterocycles.